The maximum absolute atomic E-state index is 11.4. The summed E-state index contributed by atoms with van der Waals surface area (Å²) >= 11 is 0. The number of nitrogens with zero attached hydrogens (tertiary/aromatic N) is 3. The number of H-pyrrole nitrogens is 2. The van der Waals surface area contributed by atoms with E-state index in [0.717, 1.165) is 53.1 Å². The Morgan fingerprint density at radius 3 is 2.75 bits per heavy atom. The molecule has 0 spiro atoms. The van der Waals surface area contributed by atoms with E-state index in [-0.39, 0.29) is 0 Å². The molecule has 0 saturated carbocycles. The number of fused-ring (bicyclic) bond motifs is 2. The standard InChI is InChI=1S/C21H22N6O/c1-12-23-20-16(10-19(22)26-21(20)24-12)18-9-14-8-13(2-3-17(14)25-18)11-27-6-4-15(28)5-7-27/h2-3,8-10,25H,4-7,11H2,1H3,(H3,22,23,24,26). The molecule has 1 aromatic carbocycles. The summed E-state index contributed by atoms with van der Waals surface area (Å²) in [7, 11) is 0. The first-order valence-electron chi connectivity index (χ1n) is 9.54. The highest BCUT2D eigenvalue weighted by Crippen LogP contribution is 2.30. The van der Waals surface area contributed by atoms with E-state index in [1.807, 2.05) is 13.0 Å². The summed E-state index contributed by atoms with van der Waals surface area (Å²) in [6, 6.07) is 10.5. The molecular weight excluding hydrogens is 352 g/mol. The minimum absolute atomic E-state index is 0.374. The van der Waals surface area contributed by atoms with Crippen molar-refractivity contribution in [2.24, 2.45) is 0 Å². The maximum atomic E-state index is 11.4. The number of aromatic amines is 2. The Morgan fingerprint density at radius 1 is 1.11 bits per heavy atom. The maximum Gasteiger partial charge on any atom is 0.160 e. The van der Waals surface area contributed by atoms with Gasteiger partial charge in [0.05, 0.1) is 0 Å². The number of piperidine rings is 1. The summed E-state index contributed by atoms with van der Waals surface area (Å²) in [6.45, 7) is 4.48. The molecule has 0 radical (unpaired) electrons. The number of ketones is 1. The van der Waals surface area contributed by atoms with Crippen LogP contribution < -0.4 is 5.73 Å². The molecule has 3 aromatic heterocycles. The van der Waals surface area contributed by atoms with Gasteiger partial charge in [0.1, 0.15) is 22.9 Å². The lowest BCUT2D eigenvalue weighted by Crippen LogP contribution is -2.33. The lowest BCUT2D eigenvalue weighted by atomic mass is 10.1. The summed E-state index contributed by atoms with van der Waals surface area (Å²) in [5.41, 5.74) is 11.8. The number of nitrogens with two attached hydrogens (primary N) is 1. The fourth-order valence-electron chi connectivity index (χ4n) is 3.98. The van der Waals surface area contributed by atoms with Crippen molar-refractivity contribution >= 4 is 33.7 Å². The number of imidazole rings is 1. The fraction of sp³-hybridized carbons (Fsp3) is 0.286. The third-order valence-corrected chi connectivity index (χ3v) is 5.39. The molecule has 0 amide bonds. The number of nitrogen functional groups attached to an aromatic ring is 1. The van der Waals surface area contributed by atoms with Crippen molar-refractivity contribution < 1.29 is 4.79 Å². The van der Waals surface area contributed by atoms with Crippen molar-refractivity contribution in [2.45, 2.75) is 26.3 Å². The highest BCUT2D eigenvalue weighted by molar-refractivity contribution is 5.95. The van der Waals surface area contributed by atoms with Gasteiger partial charge in [0.25, 0.3) is 0 Å². The third-order valence-electron chi connectivity index (χ3n) is 5.39. The number of likely N-dealkylation sites (tertiary alicyclic amines) is 1. The van der Waals surface area contributed by atoms with E-state index in [0.29, 0.717) is 30.1 Å². The Balaban J connectivity index is 1.50. The van der Waals surface area contributed by atoms with Crippen LogP contribution in [0.4, 0.5) is 5.82 Å². The summed E-state index contributed by atoms with van der Waals surface area (Å²) in [4.78, 5) is 29.3. The largest absolute Gasteiger partial charge is 0.384 e. The van der Waals surface area contributed by atoms with Crippen molar-refractivity contribution in [3.63, 3.8) is 0 Å². The molecule has 142 valence electrons. The van der Waals surface area contributed by atoms with E-state index >= 15 is 0 Å². The number of anilines is 1. The number of hydrogen-bond acceptors (Lipinski definition) is 5. The summed E-state index contributed by atoms with van der Waals surface area (Å²) in [5.74, 6) is 1.65. The van der Waals surface area contributed by atoms with E-state index in [4.69, 9.17) is 5.73 Å². The van der Waals surface area contributed by atoms with Gasteiger partial charge < -0.3 is 15.7 Å². The Morgan fingerprint density at radius 2 is 1.93 bits per heavy atom. The highest BCUT2D eigenvalue weighted by atomic mass is 16.1. The number of carbonyl (C=O) groups excluding carboxylic acids is 1. The number of rotatable bonds is 3. The quantitative estimate of drug-likeness (QED) is 0.511. The monoisotopic (exact) mass is 374 g/mol. The second-order valence-corrected chi connectivity index (χ2v) is 7.53. The molecule has 7 heteroatoms. The summed E-state index contributed by atoms with van der Waals surface area (Å²) < 4.78 is 0. The average molecular weight is 374 g/mol. The molecule has 1 aliphatic heterocycles. The Bertz CT molecular complexity index is 1190. The van der Waals surface area contributed by atoms with Crippen LogP contribution in [0.3, 0.4) is 0 Å². The van der Waals surface area contributed by atoms with Crippen LogP contribution in [0.2, 0.25) is 0 Å². The molecule has 0 atom stereocenters. The SMILES string of the molecule is Cc1nc2c(-c3cc4cc(CN5CCC(=O)CC5)ccc4[nH]3)cc(N)nc2[nH]1. The van der Waals surface area contributed by atoms with Gasteiger partial charge in [-0.15, -0.1) is 0 Å². The van der Waals surface area contributed by atoms with Crippen LogP contribution in [-0.4, -0.2) is 43.7 Å². The molecule has 1 fully saturated rings. The van der Waals surface area contributed by atoms with Gasteiger partial charge in [-0.3, -0.25) is 9.69 Å². The van der Waals surface area contributed by atoms with Crippen LogP contribution in [0.1, 0.15) is 24.2 Å². The van der Waals surface area contributed by atoms with Crippen LogP contribution in [0, 0.1) is 6.92 Å². The normalized spacial score (nSPS) is 15.7. The Hall–Kier alpha value is -3.19. The molecule has 1 saturated heterocycles. The second-order valence-electron chi connectivity index (χ2n) is 7.53. The molecule has 7 nitrogen and oxygen atoms in total. The minimum Gasteiger partial charge on any atom is -0.384 e. The van der Waals surface area contributed by atoms with Gasteiger partial charge in [-0.1, -0.05) is 6.07 Å². The van der Waals surface area contributed by atoms with Crippen molar-refractivity contribution in [2.75, 3.05) is 18.8 Å². The van der Waals surface area contributed by atoms with Crippen molar-refractivity contribution in [3.8, 4) is 11.3 Å². The number of pyridine rings is 1. The number of nitrogens with one attached hydrogen (secondary N) is 2. The molecule has 4 heterocycles. The molecule has 1 aliphatic rings. The van der Waals surface area contributed by atoms with Gasteiger partial charge in [0, 0.05) is 54.6 Å². The van der Waals surface area contributed by atoms with Crippen LogP contribution in [0.15, 0.2) is 30.3 Å². The molecule has 0 bridgehead atoms. The zero-order valence-electron chi connectivity index (χ0n) is 15.7. The molecule has 4 N–H and O–H groups in total. The second kappa shape index (κ2) is 6.45. The Kier molecular flexibility index (Phi) is 3.91. The first-order chi connectivity index (χ1) is 13.5. The predicted molar refractivity (Wildman–Crippen MR) is 110 cm³/mol. The van der Waals surface area contributed by atoms with E-state index in [1.54, 1.807) is 0 Å². The van der Waals surface area contributed by atoms with Crippen LogP contribution >= 0.6 is 0 Å². The number of aromatic nitrogens is 4. The van der Waals surface area contributed by atoms with E-state index < -0.39 is 0 Å². The predicted octanol–water partition coefficient (Wildman–Crippen LogP) is 3.16. The fourth-order valence-corrected chi connectivity index (χ4v) is 3.98. The van der Waals surface area contributed by atoms with Gasteiger partial charge in [0.15, 0.2) is 5.65 Å². The first-order valence-corrected chi connectivity index (χ1v) is 9.54. The Labute approximate surface area is 162 Å². The lowest BCUT2D eigenvalue weighted by Gasteiger charge is -2.25. The lowest BCUT2D eigenvalue weighted by molar-refractivity contribution is -0.121. The molecule has 0 aliphatic carbocycles. The zero-order chi connectivity index (χ0) is 19.3. The van der Waals surface area contributed by atoms with Crippen molar-refractivity contribution in [1.82, 2.24) is 24.8 Å². The third kappa shape index (κ3) is 3.03. The van der Waals surface area contributed by atoms with Gasteiger partial charge in [0.2, 0.25) is 0 Å². The van der Waals surface area contributed by atoms with E-state index in [2.05, 4.69) is 49.1 Å². The highest BCUT2D eigenvalue weighted by Gasteiger charge is 2.17. The molecule has 0 unspecified atom stereocenters. The molecule has 28 heavy (non-hydrogen) atoms. The van der Waals surface area contributed by atoms with Gasteiger partial charge in [-0.2, -0.15) is 0 Å². The van der Waals surface area contributed by atoms with E-state index in [9.17, 15) is 4.79 Å². The number of aryl methyl sites for hydroxylation is 1. The average Bonchev–Trinajstić information content (AvgIpc) is 3.25. The van der Waals surface area contributed by atoms with Gasteiger partial charge in [-0.05, 0) is 36.8 Å². The number of benzene rings is 1. The number of hydrogen-bond donors (Lipinski definition) is 3. The number of Topliss-reactive ketones (excluding diaryl/α,β-unsaturated/α-hetero) is 1. The summed E-state index contributed by atoms with van der Waals surface area (Å²) in [5, 5.41) is 1.15. The smallest absolute Gasteiger partial charge is 0.160 e. The van der Waals surface area contributed by atoms with E-state index in [1.165, 1.54) is 5.56 Å². The molecule has 4 aromatic rings. The molecule has 5 rings (SSSR count). The van der Waals surface area contributed by atoms with Crippen LogP contribution in [-0.2, 0) is 11.3 Å². The van der Waals surface area contributed by atoms with Crippen LogP contribution in [0.25, 0.3) is 33.3 Å². The minimum atomic E-state index is 0.374. The van der Waals surface area contributed by atoms with Gasteiger partial charge >= 0.3 is 0 Å². The van der Waals surface area contributed by atoms with Crippen molar-refractivity contribution in [1.29, 1.82) is 0 Å². The van der Waals surface area contributed by atoms with Gasteiger partial charge in [-0.25, -0.2) is 9.97 Å². The summed E-state index contributed by atoms with van der Waals surface area (Å²) in [6.07, 6.45) is 1.33. The first kappa shape index (κ1) is 16.9. The number of carbonyl (C=O) groups is 1. The topological polar surface area (TPSA) is 104 Å². The molecular formula is C21H22N6O. The van der Waals surface area contributed by atoms with Crippen LogP contribution in [0.5, 0.6) is 0 Å². The van der Waals surface area contributed by atoms with Crippen molar-refractivity contribution in [3.05, 3.63) is 41.7 Å². The zero-order valence-corrected chi connectivity index (χ0v) is 15.7.